The van der Waals surface area contributed by atoms with Gasteiger partial charge in [-0.1, -0.05) is 36.4 Å². The Morgan fingerprint density at radius 3 is 2.60 bits per heavy atom. The average Bonchev–Trinajstić information content (AvgIpc) is 3.00. The van der Waals surface area contributed by atoms with Crippen LogP contribution in [0.25, 0.3) is 0 Å². The van der Waals surface area contributed by atoms with Gasteiger partial charge in [0.1, 0.15) is 0 Å². The molecule has 2 rings (SSSR count). The van der Waals surface area contributed by atoms with Gasteiger partial charge in [-0.3, -0.25) is 4.90 Å². The monoisotopic (exact) mass is 272 g/mol. The molecule has 1 heterocycles. The molecular weight excluding hydrogens is 244 g/mol. The van der Waals surface area contributed by atoms with Crippen LogP contribution in [-0.2, 0) is 0 Å². The fourth-order valence-corrected chi connectivity index (χ4v) is 2.97. The molecular formula is C18H28N2. The van der Waals surface area contributed by atoms with E-state index in [9.17, 15) is 0 Å². The molecule has 1 aliphatic heterocycles. The Bertz CT molecular complexity index is 382. The van der Waals surface area contributed by atoms with E-state index in [0.717, 1.165) is 13.0 Å². The van der Waals surface area contributed by atoms with Crippen LogP contribution in [-0.4, -0.2) is 30.6 Å². The van der Waals surface area contributed by atoms with Crippen molar-refractivity contribution in [3.63, 3.8) is 0 Å². The highest BCUT2D eigenvalue weighted by Crippen LogP contribution is 2.24. The van der Waals surface area contributed by atoms with Crippen molar-refractivity contribution >= 4 is 0 Å². The number of nitrogens with zero attached hydrogens (tertiary/aromatic N) is 1. The second-order valence-corrected chi connectivity index (χ2v) is 5.84. The van der Waals surface area contributed by atoms with Crippen LogP contribution in [0, 0.1) is 0 Å². The Morgan fingerprint density at radius 2 is 1.95 bits per heavy atom. The zero-order valence-electron chi connectivity index (χ0n) is 12.7. The molecule has 1 aromatic carbocycles. The first-order chi connectivity index (χ1) is 9.81. The third kappa shape index (κ3) is 4.46. The highest BCUT2D eigenvalue weighted by molar-refractivity contribution is 5.19. The van der Waals surface area contributed by atoms with Crippen LogP contribution in [0.2, 0.25) is 0 Å². The number of rotatable bonds is 8. The normalized spacial score (nSPS) is 18.9. The van der Waals surface area contributed by atoms with Crippen molar-refractivity contribution in [2.75, 3.05) is 19.6 Å². The summed E-state index contributed by atoms with van der Waals surface area (Å²) in [5, 5.41) is 3.70. The minimum atomic E-state index is 0.518. The maximum atomic E-state index is 3.80. The van der Waals surface area contributed by atoms with Crippen LogP contribution in [0.3, 0.4) is 0 Å². The number of hydrogen-bond acceptors (Lipinski definition) is 2. The van der Waals surface area contributed by atoms with Crippen molar-refractivity contribution < 1.29 is 0 Å². The van der Waals surface area contributed by atoms with E-state index in [1.54, 1.807) is 0 Å². The topological polar surface area (TPSA) is 15.3 Å². The minimum Gasteiger partial charge on any atom is -0.312 e. The SMILES string of the molecule is C=CCCC(C)NCC(c1ccccc1)N1CCCC1. The molecule has 0 radical (unpaired) electrons. The largest absolute Gasteiger partial charge is 0.312 e. The van der Waals surface area contributed by atoms with E-state index >= 15 is 0 Å². The predicted molar refractivity (Wildman–Crippen MR) is 86.9 cm³/mol. The first-order valence-corrected chi connectivity index (χ1v) is 7.94. The lowest BCUT2D eigenvalue weighted by atomic mass is 10.0. The second kappa shape index (κ2) is 8.23. The molecule has 1 aromatic rings. The average molecular weight is 272 g/mol. The fraction of sp³-hybridized carbons (Fsp3) is 0.556. The van der Waals surface area contributed by atoms with E-state index in [1.807, 2.05) is 6.08 Å². The van der Waals surface area contributed by atoms with E-state index in [-0.39, 0.29) is 0 Å². The molecule has 20 heavy (non-hydrogen) atoms. The Morgan fingerprint density at radius 1 is 1.25 bits per heavy atom. The lowest BCUT2D eigenvalue weighted by molar-refractivity contribution is 0.233. The van der Waals surface area contributed by atoms with Gasteiger partial charge < -0.3 is 5.32 Å². The maximum absolute atomic E-state index is 3.80. The van der Waals surface area contributed by atoms with E-state index < -0.39 is 0 Å². The molecule has 1 fully saturated rings. The third-order valence-electron chi connectivity index (χ3n) is 4.23. The molecule has 2 nitrogen and oxygen atoms in total. The van der Waals surface area contributed by atoms with Gasteiger partial charge in [-0.15, -0.1) is 6.58 Å². The van der Waals surface area contributed by atoms with Gasteiger partial charge in [-0.2, -0.15) is 0 Å². The number of allylic oxidation sites excluding steroid dienone is 1. The van der Waals surface area contributed by atoms with Crippen LogP contribution in [0.15, 0.2) is 43.0 Å². The third-order valence-corrected chi connectivity index (χ3v) is 4.23. The minimum absolute atomic E-state index is 0.518. The Balaban J connectivity index is 1.94. The van der Waals surface area contributed by atoms with Crippen molar-refractivity contribution in [2.45, 2.75) is 44.7 Å². The molecule has 1 saturated heterocycles. The molecule has 0 aliphatic carbocycles. The second-order valence-electron chi connectivity index (χ2n) is 5.84. The summed E-state index contributed by atoms with van der Waals surface area (Å²) in [5.41, 5.74) is 1.44. The molecule has 0 bridgehead atoms. The van der Waals surface area contributed by atoms with Crippen molar-refractivity contribution in [1.82, 2.24) is 10.2 Å². The number of likely N-dealkylation sites (tertiary alicyclic amines) is 1. The van der Waals surface area contributed by atoms with Crippen LogP contribution in [0.4, 0.5) is 0 Å². The van der Waals surface area contributed by atoms with Crippen LogP contribution in [0.5, 0.6) is 0 Å². The van der Waals surface area contributed by atoms with E-state index in [0.29, 0.717) is 12.1 Å². The maximum Gasteiger partial charge on any atom is 0.0472 e. The highest BCUT2D eigenvalue weighted by atomic mass is 15.2. The van der Waals surface area contributed by atoms with E-state index in [1.165, 1.54) is 37.9 Å². The van der Waals surface area contributed by atoms with Crippen LogP contribution in [0.1, 0.15) is 44.2 Å². The summed E-state index contributed by atoms with van der Waals surface area (Å²) in [6.45, 7) is 9.60. The molecule has 2 unspecified atom stereocenters. The molecule has 1 N–H and O–H groups in total. The Hall–Kier alpha value is -1.12. The van der Waals surface area contributed by atoms with Crippen LogP contribution < -0.4 is 5.32 Å². The smallest absolute Gasteiger partial charge is 0.0472 e. The summed E-state index contributed by atoms with van der Waals surface area (Å²) in [7, 11) is 0. The molecule has 0 aromatic heterocycles. The van der Waals surface area contributed by atoms with Gasteiger partial charge >= 0.3 is 0 Å². The quantitative estimate of drug-likeness (QED) is 0.725. The number of hydrogen-bond donors (Lipinski definition) is 1. The van der Waals surface area contributed by atoms with E-state index in [2.05, 4.69) is 54.1 Å². The summed E-state index contributed by atoms with van der Waals surface area (Å²) in [4.78, 5) is 2.63. The lowest BCUT2D eigenvalue weighted by Crippen LogP contribution is -2.37. The Kier molecular flexibility index (Phi) is 6.28. The zero-order chi connectivity index (χ0) is 14.2. The molecule has 0 amide bonds. The Labute approximate surface area is 123 Å². The standard InChI is InChI=1S/C18H28N2/c1-3-4-10-16(2)19-15-18(20-13-8-9-14-20)17-11-6-5-7-12-17/h3,5-7,11-12,16,18-19H,1,4,8-10,13-15H2,2H3. The molecule has 110 valence electrons. The van der Waals surface area contributed by atoms with Gasteiger partial charge in [-0.05, 0) is 51.3 Å². The summed E-state index contributed by atoms with van der Waals surface area (Å²) in [5.74, 6) is 0. The lowest BCUT2D eigenvalue weighted by Gasteiger charge is -2.29. The summed E-state index contributed by atoms with van der Waals surface area (Å²) in [6.07, 6.45) is 6.96. The van der Waals surface area contributed by atoms with Crippen molar-refractivity contribution in [3.8, 4) is 0 Å². The molecule has 0 saturated carbocycles. The van der Waals surface area contributed by atoms with Gasteiger partial charge in [-0.25, -0.2) is 0 Å². The zero-order valence-corrected chi connectivity index (χ0v) is 12.7. The van der Waals surface area contributed by atoms with Gasteiger partial charge in [0.05, 0.1) is 0 Å². The predicted octanol–water partition coefficient (Wildman–Crippen LogP) is 3.77. The summed E-state index contributed by atoms with van der Waals surface area (Å²) >= 11 is 0. The van der Waals surface area contributed by atoms with Crippen molar-refractivity contribution in [2.24, 2.45) is 0 Å². The summed E-state index contributed by atoms with van der Waals surface area (Å²) < 4.78 is 0. The molecule has 1 aliphatic rings. The van der Waals surface area contributed by atoms with E-state index in [4.69, 9.17) is 0 Å². The van der Waals surface area contributed by atoms with Crippen LogP contribution >= 0.6 is 0 Å². The first kappa shape index (κ1) is 15.3. The number of benzene rings is 1. The van der Waals surface area contributed by atoms with Gasteiger partial charge in [0, 0.05) is 18.6 Å². The molecule has 2 heteroatoms. The molecule has 0 spiro atoms. The van der Waals surface area contributed by atoms with Crippen molar-refractivity contribution in [1.29, 1.82) is 0 Å². The summed E-state index contributed by atoms with van der Waals surface area (Å²) in [6, 6.07) is 12.0. The fourth-order valence-electron chi connectivity index (χ4n) is 2.97. The van der Waals surface area contributed by atoms with Gasteiger partial charge in [0.15, 0.2) is 0 Å². The molecule has 2 atom stereocenters. The van der Waals surface area contributed by atoms with Crippen molar-refractivity contribution in [3.05, 3.63) is 48.6 Å². The van der Waals surface area contributed by atoms with Gasteiger partial charge in [0.25, 0.3) is 0 Å². The first-order valence-electron chi connectivity index (χ1n) is 7.94. The number of nitrogens with one attached hydrogen (secondary N) is 1. The highest BCUT2D eigenvalue weighted by Gasteiger charge is 2.23. The van der Waals surface area contributed by atoms with Gasteiger partial charge in [0.2, 0.25) is 0 Å².